The van der Waals surface area contributed by atoms with Crippen molar-refractivity contribution >= 4 is 23.1 Å². The zero-order chi connectivity index (χ0) is 27.8. The summed E-state index contributed by atoms with van der Waals surface area (Å²) in [5.74, 6) is 2.21. The molecule has 212 valence electrons. The molecule has 2 N–H and O–H groups in total. The molecular weight excluding hydrogens is 520 g/mol. The second-order valence-electron chi connectivity index (χ2n) is 11.3. The second kappa shape index (κ2) is 11.1. The maximum absolute atomic E-state index is 11.8. The Morgan fingerprint density at radius 1 is 1.07 bits per heavy atom. The molecule has 11 nitrogen and oxygen atoms in total. The molecule has 0 spiro atoms. The average molecular weight is 555 g/mol. The number of imidazole rings is 1. The summed E-state index contributed by atoms with van der Waals surface area (Å²) in [6.07, 6.45) is 8.76. The summed E-state index contributed by atoms with van der Waals surface area (Å²) in [4.78, 5) is 38.5. The Bertz CT molecular complexity index is 1520. The summed E-state index contributed by atoms with van der Waals surface area (Å²) in [6.45, 7) is 5.13. The monoisotopic (exact) mass is 554 g/mol. The average Bonchev–Trinajstić information content (AvgIpc) is 3.62. The van der Waals surface area contributed by atoms with Crippen molar-refractivity contribution in [2.75, 3.05) is 24.7 Å². The molecule has 0 bridgehead atoms. The maximum Gasteiger partial charge on any atom is 0.427 e. The molecule has 1 aliphatic carbocycles. The van der Waals surface area contributed by atoms with Crippen LogP contribution in [0.1, 0.15) is 56.1 Å². The number of hydrogen-bond donors (Lipinski definition) is 2. The number of amides is 1. The minimum atomic E-state index is -0.601. The van der Waals surface area contributed by atoms with Crippen LogP contribution in [0.5, 0.6) is 0 Å². The summed E-state index contributed by atoms with van der Waals surface area (Å²) in [5, 5.41) is 2.76. The van der Waals surface area contributed by atoms with Crippen LogP contribution >= 0.6 is 0 Å². The van der Waals surface area contributed by atoms with Gasteiger partial charge in [-0.05, 0) is 36.3 Å². The quantitative estimate of drug-likeness (QED) is 0.354. The van der Waals surface area contributed by atoms with Crippen molar-refractivity contribution < 1.29 is 14.4 Å². The van der Waals surface area contributed by atoms with Crippen LogP contribution < -0.4 is 15.7 Å². The molecule has 2 aliphatic heterocycles. The Morgan fingerprint density at radius 2 is 1.93 bits per heavy atom. The number of ether oxygens (including phenoxy) is 1. The van der Waals surface area contributed by atoms with Gasteiger partial charge in [-0.25, -0.2) is 14.8 Å². The van der Waals surface area contributed by atoms with Gasteiger partial charge in [-0.1, -0.05) is 50.1 Å². The van der Waals surface area contributed by atoms with Gasteiger partial charge in [0.1, 0.15) is 11.4 Å². The summed E-state index contributed by atoms with van der Waals surface area (Å²) < 4.78 is 8.34. The van der Waals surface area contributed by atoms with Crippen LogP contribution in [0.2, 0.25) is 0 Å². The molecule has 1 unspecified atom stereocenters. The molecule has 0 radical (unpaired) electrons. The van der Waals surface area contributed by atoms with E-state index in [1.165, 1.54) is 31.2 Å². The van der Waals surface area contributed by atoms with Crippen molar-refractivity contribution in [2.24, 2.45) is 11.8 Å². The number of fused-ring (bicyclic) bond motifs is 1. The summed E-state index contributed by atoms with van der Waals surface area (Å²) in [7, 11) is 0. The van der Waals surface area contributed by atoms with Crippen LogP contribution in [0.3, 0.4) is 0 Å². The van der Waals surface area contributed by atoms with Gasteiger partial charge in [0.2, 0.25) is 5.95 Å². The molecular formula is C30H34N8O3. The number of aromatic nitrogens is 5. The fourth-order valence-electron chi connectivity index (χ4n) is 6.29. The van der Waals surface area contributed by atoms with Gasteiger partial charge in [-0.2, -0.15) is 0 Å². The van der Waals surface area contributed by atoms with Gasteiger partial charge in [0.25, 0.3) is 0 Å². The Kier molecular flexibility index (Phi) is 6.97. The Hall–Kier alpha value is -4.09. The van der Waals surface area contributed by atoms with Crippen molar-refractivity contribution in [3.8, 4) is 11.4 Å². The summed E-state index contributed by atoms with van der Waals surface area (Å²) in [6, 6.07) is 12.5. The van der Waals surface area contributed by atoms with Crippen molar-refractivity contribution in [1.82, 2.24) is 35.3 Å². The molecule has 41 heavy (non-hydrogen) atoms. The molecule has 1 aromatic carbocycles. The number of benzene rings is 1. The zero-order valence-corrected chi connectivity index (χ0v) is 23.1. The number of carbonyl (C=O) groups is 1. The Morgan fingerprint density at radius 3 is 2.68 bits per heavy atom. The van der Waals surface area contributed by atoms with Gasteiger partial charge < -0.3 is 19.0 Å². The third-order valence-corrected chi connectivity index (χ3v) is 8.50. The molecule has 7 rings (SSSR count). The fraction of sp³-hybridized carbons (Fsp3) is 0.433. The molecule has 1 amide bonds. The highest BCUT2D eigenvalue weighted by molar-refractivity contribution is 5.91. The van der Waals surface area contributed by atoms with E-state index in [0.717, 1.165) is 36.0 Å². The topological polar surface area (TPSA) is 119 Å². The first-order valence-corrected chi connectivity index (χ1v) is 14.4. The van der Waals surface area contributed by atoms with Crippen LogP contribution in [-0.4, -0.2) is 50.4 Å². The van der Waals surface area contributed by atoms with Crippen molar-refractivity contribution in [1.29, 1.82) is 0 Å². The summed E-state index contributed by atoms with van der Waals surface area (Å²) in [5.41, 5.74) is 7.56. The molecule has 1 saturated carbocycles. The van der Waals surface area contributed by atoms with E-state index >= 15 is 0 Å². The lowest BCUT2D eigenvalue weighted by atomic mass is 9.83. The molecule has 4 aromatic rings. The van der Waals surface area contributed by atoms with E-state index in [4.69, 9.17) is 19.5 Å². The van der Waals surface area contributed by atoms with E-state index in [0.29, 0.717) is 36.2 Å². The molecule has 3 aliphatic rings. The SMILES string of the molecule is CC1CCC(Cn2c(N3CCOC[C@H]3c3ccccc3)nc3cc(C4NOC(=O)N4)nc(-c4cnccn4)c32)CC1. The lowest BCUT2D eigenvalue weighted by molar-refractivity contribution is 0.0927. The molecule has 3 aromatic heterocycles. The number of morpholine rings is 1. The van der Waals surface area contributed by atoms with Crippen LogP contribution in [0.25, 0.3) is 22.4 Å². The van der Waals surface area contributed by atoms with Crippen molar-refractivity contribution in [3.05, 3.63) is 66.2 Å². The van der Waals surface area contributed by atoms with E-state index < -0.39 is 12.3 Å². The molecule has 11 heteroatoms. The van der Waals surface area contributed by atoms with E-state index in [1.807, 2.05) is 12.1 Å². The molecule has 5 heterocycles. The minimum Gasteiger partial charge on any atom is -0.377 e. The van der Waals surface area contributed by atoms with Gasteiger partial charge in [-0.3, -0.25) is 15.3 Å². The largest absolute Gasteiger partial charge is 0.427 e. The molecule has 3 fully saturated rings. The van der Waals surface area contributed by atoms with Crippen molar-refractivity contribution in [3.63, 3.8) is 0 Å². The normalized spacial score (nSPS) is 24.8. The third kappa shape index (κ3) is 5.11. The number of carbonyl (C=O) groups excluding carboxylic acids is 1. The van der Waals surface area contributed by atoms with Crippen LogP contribution in [0.4, 0.5) is 10.7 Å². The number of nitrogens with zero attached hydrogens (tertiary/aromatic N) is 6. The predicted octanol–water partition coefficient (Wildman–Crippen LogP) is 4.54. The number of pyridine rings is 1. The van der Waals surface area contributed by atoms with E-state index in [9.17, 15) is 4.79 Å². The number of rotatable bonds is 6. The minimum absolute atomic E-state index is 0.0310. The first-order valence-electron chi connectivity index (χ1n) is 14.4. The van der Waals surface area contributed by atoms with Gasteiger partial charge in [0, 0.05) is 25.5 Å². The number of hydrogen-bond acceptors (Lipinski definition) is 9. The Balaban J connectivity index is 1.41. The third-order valence-electron chi connectivity index (χ3n) is 8.50. The first kappa shape index (κ1) is 25.8. The zero-order valence-electron chi connectivity index (χ0n) is 23.1. The predicted molar refractivity (Wildman–Crippen MR) is 153 cm³/mol. The van der Waals surface area contributed by atoms with Crippen LogP contribution in [-0.2, 0) is 16.1 Å². The highest BCUT2D eigenvalue weighted by Crippen LogP contribution is 2.38. The molecule has 2 saturated heterocycles. The fourth-order valence-corrected chi connectivity index (χ4v) is 6.29. The van der Waals surface area contributed by atoms with Gasteiger partial charge in [0.15, 0.2) is 6.17 Å². The van der Waals surface area contributed by atoms with E-state index in [2.05, 4.69) is 61.4 Å². The molecule has 2 atom stereocenters. The summed E-state index contributed by atoms with van der Waals surface area (Å²) >= 11 is 0. The highest BCUT2D eigenvalue weighted by atomic mass is 16.7. The smallest absolute Gasteiger partial charge is 0.377 e. The lowest BCUT2D eigenvalue weighted by Crippen LogP contribution is -2.41. The van der Waals surface area contributed by atoms with Crippen LogP contribution in [0, 0.1) is 11.8 Å². The van der Waals surface area contributed by atoms with E-state index in [1.54, 1.807) is 18.6 Å². The number of hydroxylamine groups is 1. The highest BCUT2D eigenvalue weighted by Gasteiger charge is 2.33. The van der Waals surface area contributed by atoms with E-state index in [-0.39, 0.29) is 6.04 Å². The van der Waals surface area contributed by atoms with Gasteiger partial charge >= 0.3 is 6.09 Å². The number of nitrogens with one attached hydrogen (secondary N) is 2. The van der Waals surface area contributed by atoms with Crippen molar-refractivity contribution in [2.45, 2.75) is 51.4 Å². The second-order valence-corrected chi connectivity index (χ2v) is 11.3. The van der Waals surface area contributed by atoms with Gasteiger partial charge in [0.05, 0.1) is 42.2 Å². The maximum atomic E-state index is 11.8. The van der Waals surface area contributed by atoms with Gasteiger partial charge in [-0.15, -0.1) is 5.48 Å². The lowest BCUT2D eigenvalue weighted by Gasteiger charge is -2.37. The first-order chi connectivity index (χ1) is 20.1. The standard InChI is InChI=1S/C30H34N8O3/c1-19-7-9-20(10-8-19)17-38-27-22(34-29(38)37-13-14-40-18-25(37)21-5-3-2-4-6-21)15-23(28-35-30(39)41-36-28)33-26(27)24-16-31-11-12-32-24/h2-6,11-12,15-16,19-20,25,28,36H,7-10,13-14,17-18H2,1H3,(H,35,39)/t19?,20?,25-,28?/m0/s1. The van der Waals surface area contributed by atoms with Crippen LogP contribution in [0.15, 0.2) is 55.0 Å². The Labute approximate surface area is 238 Å². The number of anilines is 1.